The maximum atomic E-state index is 5.52. The topological polar surface area (TPSA) is 116 Å². The highest BCUT2D eigenvalue weighted by atomic mass is 15.1. The molecule has 88 valence electrons. The van der Waals surface area contributed by atoms with Crippen molar-refractivity contribution in [1.82, 2.24) is 24.9 Å². The predicted octanol–water partition coefficient (Wildman–Crippen LogP) is 0.646. The standard InChI is InChI=1S/C11H9N7/c12-10-16-9(17-11(13)18-10)8-5-14-6-3-1-2-4-7(6)15-8/h1-5H,(H4,12,13,16,17,18). The summed E-state index contributed by atoms with van der Waals surface area (Å²) < 4.78 is 0. The fourth-order valence-corrected chi connectivity index (χ4v) is 1.59. The Morgan fingerprint density at radius 3 is 2.17 bits per heavy atom. The number of nitrogens with two attached hydrogens (primary N) is 2. The number of hydrogen-bond donors (Lipinski definition) is 2. The Bertz CT molecular complexity index is 705. The highest BCUT2D eigenvalue weighted by Gasteiger charge is 2.07. The molecule has 3 aromatic rings. The summed E-state index contributed by atoms with van der Waals surface area (Å²) in [6, 6.07) is 7.52. The Labute approximate surface area is 102 Å². The maximum absolute atomic E-state index is 5.52. The Morgan fingerprint density at radius 2 is 1.44 bits per heavy atom. The molecule has 0 aliphatic rings. The van der Waals surface area contributed by atoms with Crippen LogP contribution in [0.5, 0.6) is 0 Å². The maximum Gasteiger partial charge on any atom is 0.225 e. The van der Waals surface area contributed by atoms with Crippen molar-refractivity contribution in [3.63, 3.8) is 0 Å². The van der Waals surface area contributed by atoms with Gasteiger partial charge in [-0.3, -0.25) is 4.98 Å². The van der Waals surface area contributed by atoms with Crippen molar-refractivity contribution in [2.75, 3.05) is 11.5 Å². The molecule has 7 heteroatoms. The van der Waals surface area contributed by atoms with Crippen LogP contribution in [-0.2, 0) is 0 Å². The summed E-state index contributed by atoms with van der Waals surface area (Å²) in [5.41, 5.74) is 13.1. The zero-order valence-electron chi connectivity index (χ0n) is 9.28. The average molecular weight is 239 g/mol. The van der Waals surface area contributed by atoms with Crippen LogP contribution in [0.2, 0.25) is 0 Å². The Balaban J connectivity index is 2.19. The van der Waals surface area contributed by atoms with Gasteiger partial charge in [0.25, 0.3) is 0 Å². The monoisotopic (exact) mass is 239 g/mol. The number of para-hydroxylation sites is 2. The molecule has 2 aromatic heterocycles. The first-order valence-corrected chi connectivity index (χ1v) is 5.21. The molecule has 0 unspecified atom stereocenters. The zero-order valence-corrected chi connectivity index (χ0v) is 9.28. The first-order valence-electron chi connectivity index (χ1n) is 5.21. The van der Waals surface area contributed by atoms with Gasteiger partial charge < -0.3 is 11.5 Å². The molecule has 1 aromatic carbocycles. The number of benzene rings is 1. The average Bonchev–Trinajstić information content (AvgIpc) is 2.37. The van der Waals surface area contributed by atoms with Crippen LogP contribution in [0.15, 0.2) is 30.5 Å². The summed E-state index contributed by atoms with van der Waals surface area (Å²) in [5, 5.41) is 0. The highest BCUT2D eigenvalue weighted by Crippen LogP contribution is 2.16. The van der Waals surface area contributed by atoms with Crippen LogP contribution in [0.3, 0.4) is 0 Å². The largest absolute Gasteiger partial charge is 0.368 e. The van der Waals surface area contributed by atoms with E-state index in [2.05, 4.69) is 24.9 Å². The van der Waals surface area contributed by atoms with Gasteiger partial charge in [0.2, 0.25) is 11.9 Å². The Kier molecular flexibility index (Phi) is 2.23. The van der Waals surface area contributed by atoms with E-state index in [1.165, 1.54) is 0 Å². The van der Waals surface area contributed by atoms with Crippen molar-refractivity contribution in [3.8, 4) is 11.5 Å². The summed E-state index contributed by atoms with van der Waals surface area (Å²) in [7, 11) is 0. The number of fused-ring (bicyclic) bond motifs is 1. The Hall–Kier alpha value is -2.83. The summed E-state index contributed by atoms with van der Waals surface area (Å²) in [5.74, 6) is 0.443. The van der Waals surface area contributed by atoms with Crippen LogP contribution in [0.25, 0.3) is 22.6 Å². The number of aromatic nitrogens is 5. The van der Waals surface area contributed by atoms with Crippen LogP contribution >= 0.6 is 0 Å². The van der Waals surface area contributed by atoms with Crippen molar-refractivity contribution in [1.29, 1.82) is 0 Å². The first-order chi connectivity index (χ1) is 8.72. The van der Waals surface area contributed by atoms with Gasteiger partial charge in [0.15, 0.2) is 5.82 Å². The molecule has 0 radical (unpaired) electrons. The zero-order chi connectivity index (χ0) is 12.5. The van der Waals surface area contributed by atoms with Gasteiger partial charge in [-0.25, -0.2) is 4.98 Å². The highest BCUT2D eigenvalue weighted by molar-refractivity contribution is 5.75. The molecule has 0 aliphatic carbocycles. The van der Waals surface area contributed by atoms with Crippen LogP contribution in [0.1, 0.15) is 0 Å². The van der Waals surface area contributed by atoms with E-state index in [1.807, 2.05) is 24.3 Å². The minimum absolute atomic E-state index is 0.0625. The number of nitrogen functional groups attached to an aromatic ring is 2. The molecule has 0 saturated carbocycles. The van der Waals surface area contributed by atoms with Crippen molar-refractivity contribution in [2.24, 2.45) is 0 Å². The van der Waals surface area contributed by atoms with E-state index in [9.17, 15) is 0 Å². The third-order valence-corrected chi connectivity index (χ3v) is 2.35. The van der Waals surface area contributed by atoms with Crippen LogP contribution in [0, 0.1) is 0 Å². The van der Waals surface area contributed by atoms with Gasteiger partial charge in [0, 0.05) is 0 Å². The molecule has 0 bridgehead atoms. The normalized spacial score (nSPS) is 10.7. The van der Waals surface area contributed by atoms with E-state index < -0.39 is 0 Å². The second-order valence-corrected chi connectivity index (χ2v) is 3.62. The molecule has 4 N–H and O–H groups in total. The van der Waals surface area contributed by atoms with Crippen molar-refractivity contribution < 1.29 is 0 Å². The molecule has 2 heterocycles. The van der Waals surface area contributed by atoms with Crippen LogP contribution in [-0.4, -0.2) is 24.9 Å². The smallest absolute Gasteiger partial charge is 0.225 e. The molecule has 0 spiro atoms. The number of rotatable bonds is 1. The molecule has 0 fully saturated rings. The van der Waals surface area contributed by atoms with E-state index in [4.69, 9.17) is 11.5 Å². The van der Waals surface area contributed by atoms with E-state index in [-0.39, 0.29) is 11.9 Å². The van der Waals surface area contributed by atoms with Gasteiger partial charge in [0.05, 0.1) is 17.2 Å². The lowest BCUT2D eigenvalue weighted by Gasteiger charge is -2.02. The molecule has 18 heavy (non-hydrogen) atoms. The van der Waals surface area contributed by atoms with E-state index in [0.29, 0.717) is 11.5 Å². The van der Waals surface area contributed by atoms with Gasteiger partial charge in [-0.05, 0) is 12.1 Å². The molecule has 0 aliphatic heterocycles. The van der Waals surface area contributed by atoms with E-state index in [1.54, 1.807) is 6.20 Å². The summed E-state index contributed by atoms with van der Waals surface area (Å²) in [6.45, 7) is 0. The van der Waals surface area contributed by atoms with E-state index >= 15 is 0 Å². The molecule has 3 rings (SSSR count). The SMILES string of the molecule is Nc1nc(N)nc(-c2cnc3ccccc3n2)n1. The molecular weight excluding hydrogens is 230 g/mol. The third-order valence-electron chi connectivity index (χ3n) is 2.35. The van der Waals surface area contributed by atoms with Gasteiger partial charge in [-0.2, -0.15) is 15.0 Å². The fraction of sp³-hybridized carbons (Fsp3) is 0. The minimum atomic E-state index is 0.0625. The lowest BCUT2D eigenvalue weighted by molar-refractivity contribution is 1.07. The number of anilines is 2. The summed E-state index contributed by atoms with van der Waals surface area (Å²) in [4.78, 5) is 20.3. The third kappa shape index (κ3) is 1.77. The van der Waals surface area contributed by atoms with Gasteiger partial charge in [-0.1, -0.05) is 12.1 Å². The van der Waals surface area contributed by atoms with Gasteiger partial charge in [0.1, 0.15) is 5.69 Å². The van der Waals surface area contributed by atoms with Crippen molar-refractivity contribution in [3.05, 3.63) is 30.5 Å². The molecule has 0 saturated heterocycles. The Morgan fingerprint density at radius 1 is 0.778 bits per heavy atom. The first kappa shape index (κ1) is 10.3. The fourth-order valence-electron chi connectivity index (χ4n) is 1.59. The predicted molar refractivity (Wildman–Crippen MR) is 67.2 cm³/mol. The number of nitrogens with zero attached hydrogens (tertiary/aromatic N) is 5. The number of hydrogen-bond acceptors (Lipinski definition) is 7. The quantitative estimate of drug-likeness (QED) is 0.640. The summed E-state index contributed by atoms with van der Waals surface area (Å²) >= 11 is 0. The van der Waals surface area contributed by atoms with Crippen LogP contribution in [0.4, 0.5) is 11.9 Å². The minimum Gasteiger partial charge on any atom is -0.368 e. The molecule has 7 nitrogen and oxygen atoms in total. The van der Waals surface area contributed by atoms with Crippen molar-refractivity contribution in [2.45, 2.75) is 0 Å². The lowest BCUT2D eigenvalue weighted by atomic mass is 10.3. The molecule has 0 amide bonds. The van der Waals surface area contributed by atoms with Gasteiger partial charge in [-0.15, -0.1) is 0 Å². The second kappa shape index (κ2) is 3.88. The van der Waals surface area contributed by atoms with Gasteiger partial charge >= 0.3 is 0 Å². The molecular formula is C11H9N7. The molecule has 0 atom stereocenters. The lowest BCUT2D eigenvalue weighted by Crippen LogP contribution is -2.05. The van der Waals surface area contributed by atoms with E-state index in [0.717, 1.165) is 11.0 Å². The van der Waals surface area contributed by atoms with Crippen molar-refractivity contribution >= 4 is 22.9 Å². The summed E-state index contributed by atoms with van der Waals surface area (Å²) in [6.07, 6.45) is 1.58. The second-order valence-electron chi connectivity index (χ2n) is 3.62. The van der Waals surface area contributed by atoms with Crippen LogP contribution < -0.4 is 11.5 Å².